The molecule has 1 saturated carbocycles. The van der Waals surface area contributed by atoms with Crippen LogP contribution in [0.15, 0.2) is 103 Å². The molecule has 4 unspecified atom stereocenters. The van der Waals surface area contributed by atoms with Crippen LogP contribution in [0.1, 0.15) is 96.7 Å². The number of rotatable bonds is 12. The summed E-state index contributed by atoms with van der Waals surface area (Å²) in [6.07, 6.45) is 9.12. The molecule has 4 aromatic carbocycles. The maximum Gasteiger partial charge on any atom is 0.326 e. The number of carboxylic acids is 1. The van der Waals surface area contributed by atoms with E-state index in [-0.39, 0.29) is 24.5 Å². The second kappa shape index (κ2) is 17.4. The third-order valence-corrected chi connectivity index (χ3v) is 12.2. The second-order valence-corrected chi connectivity index (χ2v) is 16.0. The highest BCUT2D eigenvalue weighted by Gasteiger charge is 2.39. The van der Waals surface area contributed by atoms with Gasteiger partial charge in [-0.25, -0.2) is 4.79 Å². The molecule has 3 heterocycles. The van der Waals surface area contributed by atoms with E-state index in [1.165, 1.54) is 19.3 Å². The molecule has 1 aliphatic carbocycles. The lowest BCUT2D eigenvalue weighted by Gasteiger charge is -2.42. The van der Waals surface area contributed by atoms with E-state index in [0.29, 0.717) is 37.2 Å². The minimum absolute atomic E-state index is 0.0727. The van der Waals surface area contributed by atoms with Gasteiger partial charge in [-0.05, 0) is 127 Å². The fourth-order valence-electron chi connectivity index (χ4n) is 8.86. The van der Waals surface area contributed by atoms with Crippen LogP contribution in [0.4, 0.5) is 0 Å². The van der Waals surface area contributed by atoms with E-state index in [0.717, 1.165) is 75.2 Å². The number of nitrogens with zero attached hydrogens (tertiary/aromatic N) is 2. The van der Waals surface area contributed by atoms with Crippen LogP contribution in [0.3, 0.4) is 0 Å². The van der Waals surface area contributed by atoms with Gasteiger partial charge in [0.25, 0.3) is 0 Å². The van der Waals surface area contributed by atoms with E-state index in [9.17, 15) is 14.7 Å². The monoisotopic (exact) mass is 779 g/mol. The number of ether oxygens (including phenoxy) is 3. The van der Waals surface area contributed by atoms with Crippen LogP contribution >= 0.6 is 0 Å². The number of hydrogen-bond donors (Lipinski definition) is 2. The Hall–Kier alpha value is -5.67. The first-order chi connectivity index (χ1) is 28.2. The Kier molecular flexibility index (Phi) is 11.8. The normalized spacial score (nSPS) is 19.1. The van der Waals surface area contributed by atoms with Crippen molar-refractivity contribution in [1.82, 2.24) is 15.2 Å². The largest absolute Gasteiger partial charge is 0.490 e. The van der Waals surface area contributed by atoms with Gasteiger partial charge in [-0.3, -0.25) is 14.7 Å². The lowest BCUT2D eigenvalue weighted by Crippen LogP contribution is -2.55. The number of pyridine rings is 1. The van der Waals surface area contributed by atoms with Crippen LogP contribution in [-0.4, -0.2) is 51.7 Å². The zero-order valence-electron chi connectivity index (χ0n) is 33.7. The molecule has 0 radical (unpaired) electrons. The Morgan fingerprint density at radius 2 is 1.66 bits per heavy atom. The van der Waals surface area contributed by atoms with Crippen LogP contribution < -0.4 is 19.5 Å². The van der Waals surface area contributed by atoms with Gasteiger partial charge < -0.3 is 24.6 Å². The maximum absolute atomic E-state index is 14.4. The number of carboxylic acid groups (broad SMARTS) is 1. The van der Waals surface area contributed by atoms with E-state index >= 15 is 0 Å². The average Bonchev–Trinajstić information content (AvgIpc) is 3.25. The molecule has 5 aromatic rings. The molecular weight excluding hydrogens is 727 g/mol. The first-order valence-electron chi connectivity index (χ1n) is 20.8. The van der Waals surface area contributed by atoms with Gasteiger partial charge in [-0.15, -0.1) is 0 Å². The van der Waals surface area contributed by atoms with Crippen molar-refractivity contribution in [2.45, 2.75) is 109 Å². The van der Waals surface area contributed by atoms with Crippen LogP contribution in [0, 0.1) is 13.8 Å². The van der Waals surface area contributed by atoms with Crippen LogP contribution in [0.25, 0.3) is 11.1 Å². The number of hydrogen-bond acceptors (Lipinski definition) is 7. The van der Waals surface area contributed by atoms with Crippen molar-refractivity contribution < 1.29 is 28.9 Å². The number of benzene rings is 4. The highest BCUT2D eigenvalue weighted by Crippen LogP contribution is 2.43. The lowest BCUT2D eigenvalue weighted by atomic mass is 9.89. The highest BCUT2D eigenvalue weighted by atomic mass is 16.6. The van der Waals surface area contributed by atoms with Gasteiger partial charge in [-0.1, -0.05) is 80.1 Å². The van der Waals surface area contributed by atoms with Crippen LogP contribution in [-0.2, 0) is 29.0 Å². The molecule has 1 aromatic heterocycles. The molecule has 2 aliphatic heterocycles. The minimum atomic E-state index is -1.10. The Morgan fingerprint density at radius 1 is 0.914 bits per heavy atom. The number of carbonyl (C=O) groups excluding carboxylic acids is 1. The SMILES string of the molecule is CCC(c1ccccc1)N1Cc2cc3c(cc2CC1C(=O)NC(Cc1ccc(-c2ccnc(C)c2C)cc1)C(=O)O)OCC(c1ccc(OC2CCCCC2)cc1)O3. The van der Waals surface area contributed by atoms with Gasteiger partial charge in [0.05, 0.1) is 12.1 Å². The summed E-state index contributed by atoms with van der Waals surface area (Å²) < 4.78 is 19.2. The van der Waals surface area contributed by atoms with E-state index in [4.69, 9.17) is 14.2 Å². The number of aliphatic carboxylic acids is 1. The molecular formula is C49H53N3O6. The third-order valence-electron chi connectivity index (χ3n) is 12.2. The summed E-state index contributed by atoms with van der Waals surface area (Å²) in [6.45, 7) is 7.01. The number of nitrogens with one attached hydrogen (secondary N) is 1. The van der Waals surface area contributed by atoms with Gasteiger partial charge in [0, 0.05) is 30.9 Å². The average molecular weight is 780 g/mol. The van der Waals surface area contributed by atoms with Crippen LogP contribution in [0.5, 0.6) is 17.2 Å². The fourth-order valence-corrected chi connectivity index (χ4v) is 8.86. The molecule has 0 spiro atoms. The topological polar surface area (TPSA) is 110 Å². The Morgan fingerprint density at radius 3 is 2.38 bits per heavy atom. The quantitative estimate of drug-likeness (QED) is 0.129. The minimum Gasteiger partial charge on any atom is -0.490 e. The summed E-state index contributed by atoms with van der Waals surface area (Å²) in [4.78, 5) is 33.7. The number of amides is 1. The Labute approximate surface area is 341 Å². The number of fused-ring (bicyclic) bond motifs is 2. The van der Waals surface area contributed by atoms with Gasteiger partial charge in [0.1, 0.15) is 18.4 Å². The summed E-state index contributed by atoms with van der Waals surface area (Å²) in [6, 6.07) is 30.6. The molecule has 300 valence electrons. The molecule has 8 rings (SSSR count). The van der Waals surface area contributed by atoms with Crippen molar-refractivity contribution in [3.63, 3.8) is 0 Å². The Balaban J connectivity index is 1.01. The first kappa shape index (κ1) is 39.2. The molecule has 9 heteroatoms. The van der Waals surface area contributed by atoms with Gasteiger partial charge in [-0.2, -0.15) is 0 Å². The van der Waals surface area contributed by atoms with Crippen molar-refractivity contribution in [2.75, 3.05) is 6.61 Å². The van der Waals surface area contributed by atoms with Crippen molar-refractivity contribution >= 4 is 11.9 Å². The third kappa shape index (κ3) is 8.60. The standard InChI is InChI=1S/C49H53N3O6/c1-4-43(35-11-7-5-8-12-35)52-29-38-28-46-45(56-30-47(58-46)36-19-21-40(22-20-36)57-39-13-9-6-10-14-39)27-37(38)26-44(52)48(53)51-42(49(54)55)25-33-15-17-34(18-16-33)41-23-24-50-32(3)31(41)2/h5,7-8,11-12,15-24,27-28,39,42-44,47H,4,6,9-10,13-14,25-26,29-30H2,1-3H3,(H,51,53)(H,54,55). The van der Waals surface area contributed by atoms with Crippen molar-refractivity contribution in [2.24, 2.45) is 0 Å². The van der Waals surface area contributed by atoms with Crippen molar-refractivity contribution in [3.8, 4) is 28.4 Å². The number of carbonyl (C=O) groups is 2. The van der Waals surface area contributed by atoms with Gasteiger partial charge in [0.15, 0.2) is 17.6 Å². The summed E-state index contributed by atoms with van der Waals surface area (Å²) in [7, 11) is 0. The maximum atomic E-state index is 14.4. The van der Waals surface area contributed by atoms with E-state index in [2.05, 4.69) is 59.4 Å². The van der Waals surface area contributed by atoms with Gasteiger partial charge in [0.2, 0.25) is 5.91 Å². The molecule has 1 fully saturated rings. The first-order valence-corrected chi connectivity index (χ1v) is 20.8. The smallest absolute Gasteiger partial charge is 0.326 e. The summed E-state index contributed by atoms with van der Waals surface area (Å²) in [5.74, 6) is 0.840. The second-order valence-electron chi connectivity index (χ2n) is 16.0. The van der Waals surface area contributed by atoms with Crippen LogP contribution in [0.2, 0.25) is 0 Å². The van der Waals surface area contributed by atoms with E-state index in [1.54, 1.807) is 6.20 Å². The molecule has 58 heavy (non-hydrogen) atoms. The highest BCUT2D eigenvalue weighted by molar-refractivity contribution is 5.87. The summed E-state index contributed by atoms with van der Waals surface area (Å²) in [5.41, 5.74) is 9.21. The molecule has 4 atom stereocenters. The summed E-state index contributed by atoms with van der Waals surface area (Å²) in [5, 5.41) is 13.3. The Bertz CT molecular complexity index is 2220. The molecule has 0 bridgehead atoms. The number of aromatic nitrogens is 1. The molecule has 2 N–H and O–H groups in total. The zero-order valence-corrected chi connectivity index (χ0v) is 33.7. The predicted molar refractivity (Wildman–Crippen MR) is 224 cm³/mol. The van der Waals surface area contributed by atoms with Crippen molar-refractivity contribution in [1.29, 1.82) is 0 Å². The zero-order chi connectivity index (χ0) is 40.2. The molecule has 9 nitrogen and oxygen atoms in total. The lowest BCUT2D eigenvalue weighted by molar-refractivity contribution is -0.143. The van der Waals surface area contributed by atoms with E-state index < -0.39 is 18.1 Å². The fraction of sp³-hybridized carbons (Fsp3) is 0.367. The molecule has 1 amide bonds. The predicted octanol–water partition coefficient (Wildman–Crippen LogP) is 9.28. The van der Waals surface area contributed by atoms with E-state index in [1.807, 2.05) is 73.7 Å². The molecule has 3 aliphatic rings. The van der Waals surface area contributed by atoms with Gasteiger partial charge >= 0.3 is 5.97 Å². The number of aryl methyl sites for hydroxylation is 1. The van der Waals surface area contributed by atoms with Crippen molar-refractivity contribution in [3.05, 3.63) is 142 Å². The summed E-state index contributed by atoms with van der Waals surface area (Å²) >= 11 is 0. The molecule has 0 saturated heterocycles.